The summed E-state index contributed by atoms with van der Waals surface area (Å²) in [5.74, 6) is 0.765. The molecule has 8 heteroatoms. The van der Waals surface area contributed by atoms with Crippen LogP contribution in [0.2, 0.25) is 0 Å². The van der Waals surface area contributed by atoms with Crippen molar-refractivity contribution >= 4 is 5.91 Å². The largest absolute Gasteiger partial charge is 0.464 e. The first-order valence-corrected chi connectivity index (χ1v) is 10.4. The Balaban J connectivity index is 1.51. The second kappa shape index (κ2) is 8.63. The fourth-order valence-electron chi connectivity index (χ4n) is 3.82. The van der Waals surface area contributed by atoms with Crippen LogP contribution in [0, 0.1) is 0 Å². The topological polar surface area (TPSA) is 99.4 Å². The van der Waals surface area contributed by atoms with Gasteiger partial charge in [0.25, 0.3) is 0 Å². The van der Waals surface area contributed by atoms with Gasteiger partial charge in [0.2, 0.25) is 18.5 Å². The van der Waals surface area contributed by atoms with E-state index in [4.69, 9.17) is 23.4 Å². The lowest BCUT2D eigenvalue weighted by Crippen LogP contribution is -2.67. The highest BCUT2D eigenvalue weighted by atomic mass is 16.8. The minimum Gasteiger partial charge on any atom is -0.464 e. The monoisotopic (exact) mass is 431 g/mol. The Labute approximate surface area is 181 Å². The molecule has 1 amide bonds. The van der Waals surface area contributed by atoms with Crippen molar-refractivity contribution in [1.82, 2.24) is 5.32 Å². The fourth-order valence-corrected chi connectivity index (χ4v) is 3.82. The number of ether oxygens (including phenoxy) is 4. The van der Waals surface area contributed by atoms with Gasteiger partial charge in [-0.15, -0.1) is 0 Å². The van der Waals surface area contributed by atoms with Crippen LogP contribution in [0.5, 0.6) is 5.75 Å². The number of rotatable bonds is 4. The quantitative estimate of drug-likeness (QED) is 0.768. The maximum absolute atomic E-state index is 11.8. The van der Waals surface area contributed by atoms with Crippen molar-refractivity contribution in [2.45, 2.75) is 70.0 Å². The number of carbonyl (C=O) groups is 1. The van der Waals surface area contributed by atoms with Crippen molar-refractivity contribution in [3.8, 4) is 5.75 Å². The SMILES string of the molecule is CC(=O)N[C@@H]1[C@H](Oc2ccc(C(C)(C)C)cc2)O[C@@H]2CO[C@H](c3ccco3)O[C@@H]2[C@H]1O. The van der Waals surface area contributed by atoms with Crippen LogP contribution < -0.4 is 10.1 Å². The molecule has 0 bridgehead atoms. The summed E-state index contributed by atoms with van der Waals surface area (Å²) in [4.78, 5) is 11.8. The summed E-state index contributed by atoms with van der Waals surface area (Å²) in [6, 6.07) is 10.3. The second-order valence-electron chi connectivity index (χ2n) is 8.93. The Kier molecular flexibility index (Phi) is 6.07. The maximum Gasteiger partial charge on any atom is 0.223 e. The summed E-state index contributed by atoms with van der Waals surface area (Å²) in [5, 5.41) is 13.8. The molecule has 0 aliphatic carbocycles. The van der Waals surface area contributed by atoms with E-state index in [1.165, 1.54) is 18.8 Å². The molecule has 0 unspecified atom stereocenters. The number of aliphatic hydroxyl groups excluding tert-OH is 1. The molecule has 0 radical (unpaired) electrons. The van der Waals surface area contributed by atoms with Crippen molar-refractivity contribution in [1.29, 1.82) is 0 Å². The number of carbonyl (C=O) groups excluding carboxylic acids is 1. The van der Waals surface area contributed by atoms with E-state index in [1.54, 1.807) is 12.1 Å². The van der Waals surface area contributed by atoms with E-state index in [9.17, 15) is 9.90 Å². The Hall–Kier alpha value is -2.39. The van der Waals surface area contributed by atoms with Gasteiger partial charge < -0.3 is 33.8 Å². The third-order valence-electron chi connectivity index (χ3n) is 5.48. The summed E-state index contributed by atoms with van der Waals surface area (Å²) in [7, 11) is 0. The van der Waals surface area contributed by atoms with Crippen molar-refractivity contribution in [2.24, 2.45) is 0 Å². The smallest absolute Gasteiger partial charge is 0.223 e. The van der Waals surface area contributed by atoms with Crippen molar-refractivity contribution in [3.63, 3.8) is 0 Å². The molecule has 31 heavy (non-hydrogen) atoms. The first-order valence-electron chi connectivity index (χ1n) is 10.4. The molecule has 3 heterocycles. The summed E-state index contributed by atoms with van der Waals surface area (Å²) < 4.78 is 29.1. The standard InChI is InChI=1S/C23H29NO7/c1-13(25)24-18-19(26)20-17(12-28-21(31-20)16-6-5-11-27-16)30-22(18)29-15-9-7-14(8-10-15)23(2,3)4/h5-11,17-22,26H,12H2,1-4H3,(H,24,25)/t17-,18+,19+,20+,21+,22-/m1/s1. The molecule has 2 saturated heterocycles. The Morgan fingerprint density at radius 2 is 1.90 bits per heavy atom. The molecule has 2 aliphatic rings. The number of aliphatic hydroxyl groups is 1. The number of hydrogen-bond donors (Lipinski definition) is 2. The van der Waals surface area contributed by atoms with E-state index in [0.29, 0.717) is 11.5 Å². The van der Waals surface area contributed by atoms with Gasteiger partial charge in [-0.2, -0.15) is 0 Å². The lowest BCUT2D eigenvalue weighted by atomic mass is 9.87. The molecule has 6 atom stereocenters. The molecular formula is C23H29NO7. The van der Waals surface area contributed by atoms with Gasteiger partial charge in [0.05, 0.1) is 12.9 Å². The van der Waals surface area contributed by atoms with Crippen molar-refractivity contribution in [2.75, 3.05) is 6.61 Å². The van der Waals surface area contributed by atoms with Gasteiger partial charge in [0.1, 0.15) is 30.1 Å². The lowest BCUT2D eigenvalue weighted by Gasteiger charge is -2.47. The van der Waals surface area contributed by atoms with Crippen LogP contribution >= 0.6 is 0 Å². The summed E-state index contributed by atoms with van der Waals surface area (Å²) in [5.41, 5.74) is 1.18. The zero-order valence-electron chi connectivity index (χ0n) is 18.1. The third-order valence-corrected chi connectivity index (χ3v) is 5.48. The minimum atomic E-state index is -1.07. The first kappa shape index (κ1) is 21.8. The van der Waals surface area contributed by atoms with Crippen LogP contribution in [0.3, 0.4) is 0 Å². The molecule has 2 N–H and O–H groups in total. The van der Waals surface area contributed by atoms with Gasteiger partial charge in [-0.25, -0.2) is 0 Å². The summed E-state index contributed by atoms with van der Waals surface area (Å²) in [6.07, 6.45) is -2.49. The van der Waals surface area contributed by atoms with Crippen LogP contribution in [0.15, 0.2) is 47.1 Å². The van der Waals surface area contributed by atoms with Crippen LogP contribution in [0.1, 0.15) is 45.3 Å². The van der Waals surface area contributed by atoms with Gasteiger partial charge in [0, 0.05) is 6.92 Å². The second-order valence-corrected chi connectivity index (χ2v) is 8.93. The molecule has 2 fully saturated rings. The number of benzene rings is 1. The fraction of sp³-hybridized carbons (Fsp3) is 0.522. The first-order chi connectivity index (χ1) is 14.7. The molecule has 1 aromatic heterocycles. The van der Waals surface area contributed by atoms with Gasteiger partial charge in [-0.1, -0.05) is 32.9 Å². The number of hydrogen-bond acceptors (Lipinski definition) is 7. The Bertz CT molecular complexity index is 874. The number of fused-ring (bicyclic) bond motifs is 1. The van der Waals surface area contributed by atoms with Crippen molar-refractivity contribution in [3.05, 3.63) is 54.0 Å². The van der Waals surface area contributed by atoms with E-state index in [-0.39, 0.29) is 17.9 Å². The maximum atomic E-state index is 11.8. The van der Waals surface area contributed by atoms with E-state index >= 15 is 0 Å². The molecular weight excluding hydrogens is 402 g/mol. The lowest BCUT2D eigenvalue weighted by molar-refractivity contribution is -0.336. The zero-order chi connectivity index (χ0) is 22.2. The average molecular weight is 431 g/mol. The molecule has 0 saturated carbocycles. The van der Waals surface area contributed by atoms with E-state index in [2.05, 4.69) is 26.1 Å². The third kappa shape index (κ3) is 4.77. The Morgan fingerprint density at radius 3 is 2.52 bits per heavy atom. The van der Waals surface area contributed by atoms with Crippen LogP contribution in [0.4, 0.5) is 0 Å². The predicted molar refractivity (Wildman–Crippen MR) is 110 cm³/mol. The number of nitrogens with one attached hydrogen (secondary N) is 1. The highest BCUT2D eigenvalue weighted by Crippen LogP contribution is 2.35. The predicted octanol–water partition coefficient (Wildman–Crippen LogP) is 2.66. The number of furan rings is 1. The van der Waals surface area contributed by atoms with Crippen LogP contribution in [-0.2, 0) is 24.4 Å². The van der Waals surface area contributed by atoms with Gasteiger partial charge in [-0.3, -0.25) is 4.79 Å². The van der Waals surface area contributed by atoms with Gasteiger partial charge in [-0.05, 0) is 35.2 Å². The van der Waals surface area contributed by atoms with E-state index in [1.807, 2.05) is 24.3 Å². The normalized spacial score (nSPS) is 31.0. The highest BCUT2D eigenvalue weighted by Gasteiger charge is 2.51. The highest BCUT2D eigenvalue weighted by molar-refractivity contribution is 5.73. The molecule has 0 spiro atoms. The van der Waals surface area contributed by atoms with E-state index in [0.717, 1.165) is 0 Å². The minimum absolute atomic E-state index is 0.0172. The van der Waals surface area contributed by atoms with E-state index < -0.39 is 36.9 Å². The molecule has 1 aromatic carbocycles. The summed E-state index contributed by atoms with van der Waals surface area (Å²) in [6.45, 7) is 7.97. The molecule has 168 valence electrons. The molecule has 4 rings (SSSR count). The van der Waals surface area contributed by atoms with Crippen LogP contribution in [-0.4, -0.2) is 48.3 Å². The van der Waals surface area contributed by atoms with Gasteiger partial charge in [0.15, 0.2) is 5.76 Å². The van der Waals surface area contributed by atoms with Crippen molar-refractivity contribution < 1.29 is 33.3 Å². The Morgan fingerprint density at radius 1 is 1.16 bits per heavy atom. The van der Waals surface area contributed by atoms with Crippen LogP contribution in [0.25, 0.3) is 0 Å². The average Bonchev–Trinajstić information content (AvgIpc) is 3.25. The molecule has 2 aliphatic heterocycles. The zero-order valence-corrected chi connectivity index (χ0v) is 18.1. The molecule has 8 nitrogen and oxygen atoms in total. The number of amides is 1. The van der Waals surface area contributed by atoms with Gasteiger partial charge >= 0.3 is 0 Å². The molecule has 2 aromatic rings. The summed E-state index contributed by atoms with van der Waals surface area (Å²) >= 11 is 0.